The van der Waals surface area contributed by atoms with Gasteiger partial charge in [0, 0.05) is 38.1 Å². The first kappa shape index (κ1) is 26.0. The number of nitrogens with one attached hydrogen (secondary N) is 2. The molecule has 1 heterocycles. The van der Waals surface area contributed by atoms with E-state index >= 15 is 0 Å². The van der Waals surface area contributed by atoms with E-state index in [1.807, 2.05) is 43.3 Å². The third-order valence-electron chi connectivity index (χ3n) is 6.03. The average molecular weight is 494 g/mol. The predicted octanol–water partition coefficient (Wildman–Crippen LogP) is 6.52. The highest BCUT2D eigenvalue weighted by Crippen LogP contribution is 2.36. The van der Waals surface area contributed by atoms with Gasteiger partial charge in [-0.15, -0.1) is 0 Å². The van der Waals surface area contributed by atoms with Crippen LogP contribution < -0.4 is 15.5 Å². The SMILES string of the molecule is C.CN(C)c1nc(NC2CCC(NCc3cccc(C(F)(F)F)c3Cl)CC2)nc2ccccc12. The second kappa shape index (κ2) is 10.8. The quantitative estimate of drug-likeness (QED) is 0.409. The molecule has 2 aromatic carbocycles. The minimum absolute atomic E-state index is 0. The summed E-state index contributed by atoms with van der Waals surface area (Å²) in [7, 11) is 3.93. The smallest absolute Gasteiger partial charge is 0.362 e. The van der Waals surface area contributed by atoms with Crippen molar-refractivity contribution < 1.29 is 13.2 Å². The molecule has 0 spiro atoms. The van der Waals surface area contributed by atoms with Crippen molar-refractivity contribution in [1.29, 1.82) is 0 Å². The van der Waals surface area contributed by atoms with Crippen LogP contribution in [0, 0.1) is 0 Å². The summed E-state index contributed by atoms with van der Waals surface area (Å²) in [6.07, 6.45) is -0.804. The fourth-order valence-corrected chi connectivity index (χ4v) is 4.58. The maximum Gasteiger partial charge on any atom is 0.417 e. The highest BCUT2D eigenvalue weighted by atomic mass is 35.5. The zero-order valence-electron chi connectivity index (χ0n) is 18.6. The van der Waals surface area contributed by atoms with Crippen LogP contribution in [0.15, 0.2) is 42.5 Å². The number of alkyl halides is 3. The molecule has 0 atom stereocenters. The summed E-state index contributed by atoms with van der Waals surface area (Å²) in [6, 6.07) is 12.5. The Bertz CT molecular complexity index is 1110. The first-order valence-corrected chi connectivity index (χ1v) is 11.4. The van der Waals surface area contributed by atoms with E-state index in [0.717, 1.165) is 48.5 Å². The molecule has 0 bridgehead atoms. The van der Waals surface area contributed by atoms with Crippen LogP contribution in [0.5, 0.6) is 0 Å². The number of halogens is 4. The number of benzene rings is 2. The van der Waals surface area contributed by atoms with Crippen LogP contribution in [0.25, 0.3) is 10.9 Å². The normalized spacial score (nSPS) is 18.4. The van der Waals surface area contributed by atoms with Crippen molar-refractivity contribution in [1.82, 2.24) is 15.3 Å². The van der Waals surface area contributed by atoms with Crippen LogP contribution in [0.2, 0.25) is 5.02 Å². The van der Waals surface area contributed by atoms with Crippen LogP contribution in [-0.2, 0) is 12.7 Å². The third kappa shape index (κ3) is 5.91. The number of rotatable bonds is 6. The van der Waals surface area contributed by atoms with Crippen molar-refractivity contribution in [2.75, 3.05) is 24.3 Å². The van der Waals surface area contributed by atoms with E-state index < -0.39 is 11.7 Å². The predicted molar refractivity (Wildman–Crippen MR) is 134 cm³/mol. The van der Waals surface area contributed by atoms with Gasteiger partial charge in [-0.05, 0) is 49.4 Å². The lowest BCUT2D eigenvalue weighted by Gasteiger charge is -2.30. The van der Waals surface area contributed by atoms with Gasteiger partial charge in [0.25, 0.3) is 0 Å². The molecule has 0 aliphatic heterocycles. The molecule has 1 aliphatic rings. The van der Waals surface area contributed by atoms with Crippen LogP contribution in [0.4, 0.5) is 24.9 Å². The number of anilines is 2. The van der Waals surface area contributed by atoms with E-state index in [9.17, 15) is 13.2 Å². The number of aromatic nitrogens is 2. The fourth-order valence-electron chi connectivity index (χ4n) is 4.28. The molecular formula is C25H31ClF3N5. The van der Waals surface area contributed by atoms with Gasteiger partial charge in [0.1, 0.15) is 5.82 Å². The highest BCUT2D eigenvalue weighted by Gasteiger charge is 2.33. The van der Waals surface area contributed by atoms with E-state index in [4.69, 9.17) is 16.6 Å². The molecular weight excluding hydrogens is 463 g/mol. The second-order valence-electron chi connectivity index (χ2n) is 8.63. The van der Waals surface area contributed by atoms with Gasteiger partial charge in [-0.1, -0.05) is 43.3 Å². The van der Waals surface area contributed by atoms with Crippen molar-refractivity contribution in [2.24, 2.45) is 0 Å². The van der Waals surface area contributed by atoms with Gasteiger partial charge in [-0.25, -0.2) is 4.98 Å². The van der Waals surface area contributed by atoms with E-state index in [2.05, 4.69) is 15.6 Å². The standard InChI is InChI=1S/C24H27ClF3N5.CH4/c1-33(2)22-18-7-3-4-9-20(18)31-23(32-22)30-17-12-10-16(11-13-17)29-14-15-6-5-8-19(21(15)25)24(26,27)28;/h3-9,16-17,29H,10-14H2,1-2H3,(H,30,31,32);1H4. The third-order valence-corrected chi connectivity index (χ3v) is 6.48. The Morgan fingerprint density at radius 3 is 2.32 bits per heavy atom. The van der Waals surface area contributed by atoms with Gasteiger partial charge in [0.05, 0.1) is 16.1 Å². The molecule has 1 fully saturated rings. The molecule has 0 saturated heterocycles. The molecule has 5 nitrogen and oxygen atoms in total. The summed E-state index contributed by atoms with van der Waals surface area (Å²) in [5, 5.41) is 7.63. The number of nitrogens with zero attached hydrogens (tertiary/aromatic N) is 3. The second-order valence-corrected chi connectivity index (χ2v) is 9.01. The summed E-state index contributed by atoms with van der Waals surface area (Å²) in [5.74, 6) is 1.49. The molecule has 1 aromatic heterocycles. The summed E-state index contributed by atoms with van der Waals surface area (Å²) < 4.78 is 39.2. The van der Waals surface area contributed by atoms with Crippen molar-refractivity contribution in [3.63, 3.8) is 0 Å². The van der Waals surface area contributed by atoms with E-state index in [0.29, 0.717) is 18.1 Å². The van der Waals surface area contributed by atoms with Crippen molar-refractivity contribution >= 4 is 34.3 Å². The molecule has 0 amide bonds. The summed E-state index contributed by atoms with van der Waals surface area (Å²) in [6.45, 7) is 0.311. The van der Waals surface area contributed by atoms with Crippen LogP contribution in [0.3, 0.4) is 0 Å². The zero-order chi connectivity index (χ0) is 23.6. The number of para-hydroxylation sites is 1. The number of hydrogen-bond donors (Lipinski definition) is 2. The zero-order valence-corrected chi connectivity index (χ0v) is 19.3. The number of hydrogen-bond acceptors (Lipinski definition) is 5. The monoisotopic (exact) mass is 493 g/mol. The minimum atomic E-state index is -4.45. The van der Waals surface area contributed by atoms with E-state index in [-0.39, 0.29) is 24.5 Å². The molecule has 2 N–H and O–H groups in total. The molecule has 34 heavy (non-hydrogen) atoms. The van der Waals surface area contributed by atoms with Crippen LogP contribution in [0.1, 0.15) is 44.2 Å². The maximum atomic E-state index is 13.1. The van der Waals surface area contributed by atoms with Gasteiger partial charge >= 0.3 is 6.18 Å². The van der Waals surface area contributed by atoms with Gasteiger partial charge in [-0.2, -0.15) is 18.2 Å². The molecule has 9 heteroatoms. The lowest BCUT2D eigenvalue weighted by atomic mass is 9.91. The number of fused-ring (bicyclic) bond motifs is 1. The molecule has 184 valence electrons. The lowest BCUT2D eigenvalue weighted by molar-refractivity contribution is -0.137. The molecule has 4 rings (SSSR count). The topological polar surface area (TPSA) is 53.1 Å². The largest absolute Gasteiger partial charge is 0.417 e. The first-order valence-electron chi connectivity index (χ1n) is 11.0. The Morgan fingerprint density at radius 1 is 0.971 bits per heavy atom. The molecule has 3 aromatic rings. The van der Waals surface area contributed by atoms with Crippen LogP contribution >= 0.6 is 11.6 Å². The molecule has 1 saturated carbocycles. The summed E-state index contributed by atoms with van der Waals surface area (Å²) in [5.41, 5.74) is 0.573. The maximum absolute atomic E-state index is 13.1. The highest BCUT2D eigenvalue weighted by molar-refractivity contribution is 6.32. The summed E-state index contributed by atoms with van der Waals surface area (Å²) >= 11 is 6.01. The first-order chi connectivity index (χ1) is 15.7. The summed E-state index contributed by atoms with van der Waals surface area (Å²) in [4.78, 5) is 11.4. The Balaban J connectivity index is 0.00000324. The molecule has 0 radical (unpaired) electrons. The molecule has 0 unspecified atom stereocenters. The van der Waals surface area contributed by atoms with Gasteiger partial charge < -0.3 is 15.5 Å². The Kier molecular flexibility index (Phi) is 8.25. The van der Waals surface area contributed by atoms with Gasteiger partial charge in [0.15, 0.2) is 0 Å². The van der Waals surface area contributed by atoms with Crippen molar-refractivity contribution in [3.8, 4) is 0 Å². The van der Waals surface area contributed by atoms with Gasteiger partial charge in [0.2, 0.25) is 5.95 Å². The van der Waals surface area contributed by atoms with Crippen molar-refractivity contribution in [3.05, 3.63) is 58.6 Å². The Morgan fingerprint density at radius 2 is 1.65 bits per heavy atom. The van der Waals surface area contributed by atoms with Crippen molar-refractivity contribution in [2.45, 2.75) is 57.9 Å². The van der Waals surface area contributed by atoms with E-state index in [1.165, 1.54) is 6.07 Å². The Labute approximate surface area is 203 Å². The Hall–Kier alpha value is -2.58. The van der Waals surface area contributed by atoms with Crippen LogP contribution in [-0.4, -0.2) is 36.1 Å². The minimum Gasteiger partial charge on any atom is -0.362 e. The fraction of sp³-hybridized carbons (Fsp3) is 0.440. The average Bonchev–Trinajstić information content (AvgIpc) is 2.78. The van der Waals surface area contributed by atoms with E-state index in [1.54, 1.807) is 6.07 Å². The lowest BCUT2D eigenvalue weighted by Crippen LogP contribution is -2.37. The molecule has 1 aliphatic carbocycles. The van der Waals surface area contributed by atoms with Gasteiger partial charge in [-0.3, -0.25) is 0 Å².